The van der Waals surface area contributed by atoms with Crippen LogP contribution in [-0.4, -0.2) is 37.0 Å². The van der Waals surface area contributed by atoms with Crippen molar-refractivity contribution in [3.05, 3.63) is 35.4 Å². The first-order valence-corrected chi connectivity index (χ1v) is 7.59. The number of halogens is 3. The van der Waals surface area contributed by atoms with Gasteiger partial charge in [0, 0.05) is 32.0 Å². The van der Waals surface area contributed by atoms with E-state index in [1.165, 1.54) is 0 Å². The molecule has 0 radical (unpaired) electrons. The lowest BCUT2D eigenvalue weighted by molar-refractivity contribution is -0.187. The first-order chi connectivity index (χ1) is 10.4. The van der Waals surface area contributed by atoms with E-state index >= 15 is 0 Å². The highest BCUT2D eigenvalue weighted by atomic mass is 19.4. The average molecular weight is 315 g/mol. The fourth-order valence-electron chi connectivity index (χ4n) is 3.20. The molecule has 0 N–H and O–H groups in total. The summed E-state index contributed by atoms with van der Waals surface area (Å²) in [6, 6.07) is 5.53. The van der Waals surface area contributed by atoms with Crippen LogP contribution in [0.4, 0.5) is 13.2 Å². The Labute approximate surface area is 128 Å². The van der Waals surface area contributed by atoms with Gasteiger partial charge in [-0.25, -0.2) is 0 Å². The Kier molecular flexibility index (Phi) is 4.18. The molecule has 0 bridgehead atoms. The number of hydrogen-bond donors (Lipinski definition) is 0. The van der Waals surface area contributed by atoms with E-state index in [4.69, 9.17) is 9.47 Å². The van der Waals surface area contributed by atoms with Crippen molar-refractivity contribution in [1.29, 1.82) is 0 Å². The van der Waals surface area contributed by atoms with Gasteiger partial charge in [0.05, 0.1) is 18.8 Å². The monoisotopic (exact) mass is 315 g/mol. The minimum atomic E-state index is -4.28. The van der Waals surface area contributed by atoms with Crippen molar-refractivity contribution in [2.45, 2.75) is 37.8 Å². The SMILES string of the molecule is CC(c1ccc(C(F)(F)F)cc1)N1CCC2(CC1)OCCO2. The molecule has 0 aromatic heterocycles. The number of rotatable bonds is 2. The van der Waals surface area contributed by atoms with E-state index in [9.17, 15) is 13.2 Å². The summed E-state index contributed by atoms with van der Waals surface area (Å²) in [6.45, 7) is 4.96. The Balaban J connectivity index is 1.63. The van der Waals surface area contributed by atoms with Crippen LogP contribution in [0.25, 0.3) is 0 Å². The largest absolute Gasteiger partial charge is 0.416 e. The molecular weight excluding hydrogens is 295 g/mol. The summed E-state index contributed by atoms with van der Waals surface area (Å²) < 4.78 is 49.2. The van der Waals surface area contributed by atoms with Crippen molar-refractivity contribution < 1.29 is 22.6 Å². The van der Waals surface area contributed by atoms with E-state index < -0.39 is 17.5 Å². The normalized spacial score (nSPS) is 23.8. The second kappa shape index (κ2) is 5.83. The van der Waals surface area contributed by atoms with Crippen LogP contribution < -0.4 is 0 Å². The minimum absolute atomic E-state index is 0.0843. The molecule has 1 unspecified atom stereocenters. The standard InChI is InChI=1S/C16H20F3NO2/c1-12(13-2-4-14(5-3-13)16(17,18)19)20-8-6-15(7-9-20)21-10-11-22-15/h2-5,12H,6-11H2,1H3. The van der Waals surface area contributed by atoms with Gasteiger partial charge >= 0.3 is 6.18 Å². The lowest BCUT2D eigenvalue weighted by atomic mass is 9.98. The molecule has 3 rings (SSSR count). The zero-order valence-electron chi connectivity index (χ0n) is 12.5. The summed E-state index contributed by atoms with van der Waals surface area (Å²) in [5.41, 5.74) is 0.297. The van der Waals surface area contributed by atoms with E-state index in [-0.39, 0.29) is 6.04 Å². The van der Waals surface area contributed by atoms with Gasteiger partial charge in [-0.15, -0.1) is 0 Å². The van der Waals surface area contributed by atoms with E-state index in [0.29, 0.717) is 13.2 Å². The van der Waals surface area contributed by atoms with Crippen molar-refractivity contribution in [1.82, 2.24) is 4.90 Å². The van der Waals surface area contributed by atoms with Gasteiger partial charge in [0.25, 0.3) is 0 Å². The van der Waals surface area contributed by atoms with Crippen molar-refractivity contribution in [2.24, 2.45) is 0 Å². The molecule has 1 spiro atoms. The number of ether oxygens (including phenoxy) is 2. The molecule has 1 aromatic carbocycles. The fraction of sp³-hybridized carbons (Fsp3) is 0.625. The molecule has 3 nitrogen and oxygen atoms in total. The summed E-state index contributed by atoms with van der Waals surface area (Å²) in [5, 5.41) is 0. The van der Waals surface area contributed by atoms with Gasteiger partial charge in [0.1, 0.15) is 0 Å². The van der Waals surface area contributed by atoms with Crippen LogP contribution in [0.3, 0.4) is 0 Å². The molecule has 22 heavy (non-hydrogen) atoms. The number of nitrogens with zero attached hydrogens (tertiary/aromatic N) is 1. The average Bonchev–Trinajstić information content (AvgIpc) is 2.95. The maximum Gasteiger partial charge on any atom is 0.416 e. The Morgan fingerprint density at radius 1 is 1.05 bits per heavy atom. The van der Waals surface area contributed by atoms with Gasteiger partial charge in [-0.2, -0.15) is 13.2 Å². The zero-order valence-corrected chi connectivity index (χ0v) is 12.5. The Hall–Kier alpha value is -1.11. The summed E-state index contributed by atoms with van der Waals surface area (Å²) in [7, 11) is 0. The molecule has 0 saturated carbocycles. The Morgan fingerprint density at radius 3 is 2.09 bits per heavy atom. The van der Waals surface area contributed by atoms with Gasteiger partial charge in [-0.3, -0.25) is 4.90 Å². The maximum absolute atomic E-state index is 12.6. The molecule has 1 atom stereocenters. The highest BCUT2D eigenvalue weighted by Crippen LogP contribution is 2.35. The number of hydrogen-bond acceptors (Lipinski definition) is 3. The molecule has 0 aliphatic carbocycles. The van der Waals surface area contributed by atoms with Crippen LogP contribution in [0.1, 0.15) is 36.9 Å². The third-order valence-electron chi connectivity index (χ3n) is 4.64. The minimum Gasteiger partial charge on any atom is -0.347 e. The molecule has 0 amide bonds. The van der Waals surface area contributed by atoms with Crippen LogP contribution in [0, 0.1) is 0 Å². The molecule has 2 fully saturated rings. The van der Waals surface area contributed by atoms with Gasteiger partial charge < -0.3 is 9.47 Å². The Morgan fingerprint density at radius 2 is 1.59 bits per heavy atom. The molecule has 2 heterocycles. The van der Waals surface area contributed by atoms with E-state index in [2.05, 4.69) is 4.90 Å². The van der Waals surface area contributed by atoms with Crippen molar-refractivity contribution in [2.75, 3.05) is 26.3 Å². The van der Waals surface area contributed by atoms with Crippen LogP contribution >= 0.6 is 0 Å². The van der Waals surface area contributed by atoms with Gasteiger partial charge in [-0.1, -0.05) is 12.1 Å². The van der Waals surface area contributed by atoms with Gasteiger partial charge in [-0.05, 0) is 24.6 Å². The van der Waals surface area contributed by atoms with Crippen LogP contribution in [0.5, 0.6) is 0 Å². The topological polar surface area (TPSA) is 21.7 Å². The molecule has 122 valence electrons. The number of likely N-dealkylation sites (tertiary alicyclic amines) is 1. The molecule has 2 saturated heterocycles. The van der Waals surface area contributed by atoms with Crippen molar-refractivity contribution >= 4 is 0 Å². The lowest BCUT2D eigenvalue weighted by Gasteiger charge is -2.40. The first-order valence-electron chi connectivity index (χ1n) is 7.59. The van der Waals surface area contributed by atoms with E-state index in [1.54, 1.807) is 12.1 Å². The predicted octanol–water partition coefficient (Wildman–Crippen LogP) is 3.61. The highest BCUT2D eigenvalue weighted by molar-refractivity contribution is 5.26. The third kappa shape index (κ3) is 3.14. The number of alkyl halides is 3. The molecule has 1 aromatic rings. The molecule has 2 aliphatic rings. The van der Waals surface area contributed by atoms with Crippen LogP contribution in [0.2, 0.25) is 0 Å². The van der Waals surface area contributed by atoms with Crippen molar-refractivity contribution in [3.8, 4) is 0 Å². The van der Waals surface area contributed by atoms with Gasteiger partial charge in [0.15, 0.2) is 5.79 Å². The second-order valence-electron chi connectivity index (χ2n) is 5.94. The predicted molar refractivity (Wildman–Crippen MR) is 75.3 cm³/mol. The molecular formula is C16H20F3NO2. The van der Waals surface area contributed by atoms with Crippen LogP contribution in [0.15, 0.2) is 24.3 Å². The lowest BCUT2D eigenvalue weighted by Crippen LogP contribution is -2.45. The van der Waals surface area contributed by atoms with E-state index in [1.807, 2.05) is 6.92 Å². The summed E-state index contributed by atoms with van der Waals surface area (Å²) in [5.74, 6) is -0.420. The Bertz CT molecular complexity index is 499. The summed E-state index contributed by atoms with van der Waals surface area (Å²) in [4.78, 5) is 2.26. The van der Waals surface area contributed by atoms with Crippen LogP contribution in [-0.2, 0) is 15.7 Å². The molecule has 2 aliphatic heterocycles. The second-order valence-corrected chi connectivity index (χ2v) is 5.94. The summed E-state index contributed by atoms with van der Waals surface area (Å²) >= 11 is 0. The van der Waals surface area contributed by atoms with Gasteiger partial charge in [0.2, 0.25) is 0 Å². The fourth-order valence-corrected chi connectivity index (χ4v) is 3.20. The number of benzene rings is 1. The highest BCUT2D eigenvalue weighted by Gasteiger charge is 2.40. The quantitative estimate of drug-likeness (QED) is 0.832. The van der Waals surface area contributed by atoms with Crippen molar-refractivity contribution in [3.63, 3.8) is 0 Å². The van der Waals surface area contributed by atoms with E-state index in [0.717, 1.165) is 43.6 Å². The maximum atomic E-state index is 12.6. The zero-order chi connectivity index (χ0) is 15.8. The summed E-state index contributed by atoms with van der Waals surface area (Å²) in [6.07, 6.45) is -2.67. The third-order valence-corrected chi connectivity index (χ3v) is 4.64. The smallest absolute Gasteiger partial charge is 0.347 e. The first kappa shape index (κ1) is 15.8. The molecule has 6 heteroatoms. The number of piperidine rings is 1.